The zero-order chi connectivity index (χ0) is 9.52. The van der Waals surface area contributed by atoms with E-state index in [1.54, 1.807) is 12.4 Å². The van der Waals surface area contributed by atoms with Gasteiger partial charge in [0.05, 0.1) is 11.8 Å². The first-order chi connectivity index (χ1) is 6.30. The van der Waals surface area contributed by atoms with Crippen molar-refractivity contribution in [2.75, 3.05) is 0 Å². The maximum absolute atomic E-state index is 10.0. The Bertz CT molecular complexity index is 310. The fourth-order valence-corrected chi connectivity index (χ4v) is 0.583. The largest absolute Gasteiger partial charge is 0.478 e. The van der Waals surface area contributed by atoms with Gasteiger partial charge < -0.3 is 5.11 Å². The number of carbonyl (C=O) groups is 1. The zero-order valence-electron chi connectivity index (χ0n) is 6.64. The quantitative estimate of drug-likeness (QED) is 0.596. The Morgan fingerprint density at radius 1 is 1.38 bits per heavy atom. The lowest BCUT2D eigenvalue weighted by molar-refractivity contribution is 0.0697. The smallest absolute Gasteiger partial charge is 0.338 e. The highest BCUT2D eigenvalue weighted by molar-refractivity contribution is 5.86. The van der Waals surface area contributed by atoms with Crippen molar-refractivity contribution in [2.24, 2.45) is 0 Å². The third kappa shape index (κ3) is 3.19. The number of nitrogens with zero attached hydrogens (tertiary/aromatic N) is 2. The van der Waals surface area contributed by atoms with Crippen LogP contribution < -0.4 is 0 Å². The van der Waals surface area contributed by atoms with Crippen LogP contribution >= 0.6 is 0 Å². The van der Waals surface area contributed by atoms with Crippen LogP contribution in [-0.4, -0.2) is 31.5 Å². The van der Waals surface area contributed by atoms with Gasteiger partial charge in [-0.3, -0.25) is 10.2 Å². The number of nitrogens with one attached hydrogen (secondary N) is 2. The number of H-pyrrole nitrogens is 2. The molecular weight excluding hydrogens is 172 g/mol. The number of rotatable bonds is 1. The molecule has 0 saturated heterocycles. The Morgan fingerprint density at radius 3 is 2.46 bits per heavy atom. The highest BCUT2D eigenvalue weighted by atomic mass is 16.4. The summed E-state index contributed by atoms with van der Waals surface area (Å²) in [5.41, 5.74) is 0.185. The average Bonchev–Trinajstić information content (AvgIpc) is 2.82. The Hall–Kier alpha value is -2.11. The lowest BCUT2D eigenvalue weighted by Gasteiger charge is -1.77. The number of aromatic carboxylic acids is 1. The number of hydrogen-bond donors (Lipinski definition) is 3. The van der Waals surface area contributed by atoms with Gasteiger partial charge in [-0.05, 0) is 6.07 Å². The molecule has 0 fully saturated rings. The molecule has 2 aromatic heterocycles. The first kappa shape index (κ1) is 8.98. The summed E-state index contributed by atoms with van der Waals surface area (Å²) in [7, 11) is 0. The number of carboxylic acid groups (broad SMARTS) is 1. The van der Waals surface area contributed by atoms with Crippen LogP contribution in [0.4, 0.5) is 0 Å². The van der Waals surface area contributed by atoms with Crippen molar-refractivity contribution in [3.63, 3.8) is 0 Å². The summed E-state index contributed by atoms with van der Waals surface area (Å²) < 4.78 is 0. The molecule has 6 nitrogen and oxygen atoms in total. The highest BCUT2D eigenvalue weighted by Gasteiger charge is 1.99. The second kappa shape index (κ2) is 4.70. The molecule has 2 heterocycles. The van der Waals surface area contributed by atoms with E-state index in [-0.39, 0.29) is 5.56 Å². The van der Waals surface area contributed by atoms with E-state index in [9.17, 15) is 4.79 Å². The Morgan fingerprint density at radius 2 is 2.23 bits per heavy atom. The topological polar surface area (TPSA) is 94.7 Å². The number of aromatic nitrogens is 4. The van der Waals surface area contributed by atoms with Gasteiger partial charge >= 0.3 is 5.97 Å². The Balaban J connectivity index is 0.000000145. The molecule has 0 aliphatic rings. The zero-order valence-corrected chi connectivity index (χ0v) is 6.64. The summed E-state index contributed by atoms with van der Waals surface area (Å²) in [5, 5.41) is 20.2. The number of carboxylic acids is 1. The molecule has 2 rings (SSSR count). The summed E-state index contributed by atoms with van der Waals surface area (Å²) in [6, 6.07) is 1.83. The molecule has 0 amide bonds. The Kier molecular flexibility index (Phi) is 3.25. The van der Waals surface area contributed by atoms with E-state index in [0.717, 1.165) is 0 Å². The maximum atomic E-state index is 10.0. The predicted molar refractivity (Wildman–Crippen MR) is 44.1 cm³/mol. The van der Waals surface area contributed by atoms with E-state index < -0.39 is 5.97 Å². The molecule has 0 saturated carbocycles. The van der Waals surface area contributed by atoms with Gasteiger partial charge in [0, 0.05) is 18.6 Å². The summed E-state index contributed by atoms with van der Waals surface area (Å²) in [6.45, 7) is 0. The minimum Gasteiger partial charge on any atom is -0.478 e. The van der Waals surface area contributed by atoms with E-state index in [0.29, 0.717) is 0 Å². The molecule has 13 heavy (non-hydrogen) atoms. The molecule has 0 aliphatic carbocycles. The molecule has 3 N–H and O–H groups in total. The van der Waals surface area contributed by atoms with Gasteiger partial charge in [-0.15, -0.1) is 0 Å². The van der Waals surface area contributed by atoms with Gasteiger partial charge in [-0.1, -0.05) is 0 Å². The normalized spacial score (nSPS) is 8.62. The van der Waals surface area contributed by atoms with Crippen LogP contribution in [0.3, 0.4) is 0 Å². The summed E-state index contributed by atoms with van der Waals surface area (Å²) >= 11 is 0. The standard InChI is InChI=1S/C4H4N2O2.C3H4N2/c7-4(8)3-1-5-6-2-3;1-2-4-5-3-1/h1-2H,(H,5,6)(H,7,8);1-3H,(H,4,5). The number of hydrogen-bond acceptors (Lipinski definition) is 3. The van der Waals surface area contributed by atoms with Crippen LogP contribution in [0.2, 0.25) is 0 Å². The monoisotopic (exact) mass is 180 g/mol. The second-order valence-corrected chi connectivity index (χ2v) is 2.06. The molecule has 0 bridgehead atoms. The van der Waals surface area contributed by atoms with Gasteiger partial charge in [0.2, 0.25) is 0 Å². The fraction of sp³-hybridized carbons (Fsp3) is 0. The van der Waals surface area contributed by atoms with Gasteiger partial charge in [-0.2, -0.15) is 10.2 Å². The first-order valence-electron chi connectivity index (χ1n) is 3.46. The molecule has 68 valence electrons. The minimum atomic E-state index is -0.959. The molecule has 0 spiro atoms. The van der Waals surface area contributed by atoms with Gasteiger partial charge in [0.25, 0.3) is 0 Å². The van der Waals surface area contributed by atoms with Crippen LogP contribution in [0.25, 0.3) is 0 Å². The van der Waals surface area contributed by atoms with Gasteiger partial charge in [0.1, 0.15) is 0 Å². The van der Waals surface area contributed by atoms with E-state index in [2.05, 4.69) is 20.4 Å². The van der Waals surface area contributed by atoms with Crippen molar-refractivity contribution in [1.29, 1.82) is 0 Å². The van der Waals surface area contributed by atoms with Crippen LogP contribution in [0.5, 0.6) is 0 Å². The molecule has 0 radical (unpaired) electrons. The van der Waals surface area contributed by atoms with Crippen molar-refractivity contribution in [3.05, 3.63) is 36.4 Å². The van der Waals surface area contributed by atoms with E-state index >= 15 is 0 Å². The van der Waals surface area contributed by atoms with Crippen LogP contribution in [0, 0.1) is 0 Å². The predicted octanol–water partition coefficient (Wildman–Crippen LogP) is 0.518. The summed E-state index contributed by atoms with van der Waals surface area (Å²) in [5.74, 6) is -0.959. The SMILES string of the molecule is O=C(O)c1cn[nH]c1.c1cn[nH]c1. The van der Waals surface area contributed by atoms with Gasteiger partial charge in [-0.25, -0.2) is 4.79 Å². The number of aromatic amines is 2. The van der Waals surface area contributed by atoms with E-state index in [1.165, 1.54) is 12.4 Å². The van der Waals surface area contributed by atoms with Crippen molar-refractivity contribution in [1.82, 2.24) is 20.4 Å². The lowest BCUT2D eigenvalue weighted by Crippen LogP contribution is -1.91. The molecule has 0 atom stereocenters. The van der Waals surface area contributed by atoms with Crippen molar-refractivity contribution < 1.29 is 9.90 Å². The van der Waals surface area contributed by atoms with Crippen LogP contribution in [0.1, 0.15) is 10.4 Å². The van der Waals surface area contributed by atoms with Crippen molar-refractivity contribution in [2.45, 2.75) is 0 Å². The van der Waals surface area contributed by atoms with Crippen LogP contribution in [0.15, 0.2) is 30.9 Å². The average molecular weight is 180 g/mol. The molecule has 0 aliphatic heterocycles. The summed E-state index contributed by atoms with van der Waals surface area (Å²) in [6.07, 6.45) is 6.03. The molecular formula is C7H8N4O2. The minimum absolute atomic E-state index is 0.185. The summed E-state index contributed by atoms with van der Waals surface area (Å²) in [4.78, 5) is 10.0. The van der Waals surface area contributed by atoms with Crippen LogP contribution in [-0.2, 0) is 0 Å². The third-order valence-electron chi connectivity index (χ3n) is 1.15. The highest BCUT2D eigenvalue weighted by Crippen LogP contribution is 1.90. The first-order valence-corrected chi connectivity index (χ1v) is 3.46. The van der Waals surface area contributed by atoms with E-state index in [1.807, 2.05) is 6.07 Å². The molecule has 0 aromatic carbocycles. The van der Waals surface area contributed by atoms with Crippen molar-refractivity contribution in [3.8, 4) is 0 Å². The third-order valence-corrected chi connectivity index (χ3v) is 1.15. The second-order valence-electron chi connectivity index (χ2n) is 2.06. The van der Waals surface area contributed by atoms with Crippen molar-refractivity contribution >= 4 is 5.97 Å². The van der Waals surface area contributed by atoms with E-state index in [4.69, 9.17) is 5.11 Å². The Labute approximate surface area is 73.6 Å². The molecule has 0 unspecified atom stereocenters. The lowest BCUT2D eigenvalue weighted by atomic mass is 10.4. The molecule has 6 heteroatoms. The fourth-order valence-electron chi connectivity index (χ4n) is 0.583. The molecule has 2 aromatic rings. The van der Waals surface area contributed by atoms with Gasteiger partial charge in [0.15, 0.2) is 0 Å². The maximum Gasteiger partial charge on any atom is 0.338 e.